The molecule has 1 heterocycles. The Labute approximate surface area is 106 Å². The fourth-order valence-corrected chi connectivity index (χ4v) is 1.48. The first-order valence-corrected chi connectivity index (χ1v) is 5.22. The highest BCUT2D eigenvalue weighted by Gasteiger charge is 2.17. The SMILES string of the molecule is Cn1nccc1NC(=O)c1cc([N+](=O)[O-])ccc1F. The average Bonchev–Trinajstić information content (AvgIpc) is 2.75. The van der Waals surface area contributed by atoms with E-state index in [0.717, 1.165) is 18.2 Å². The first-order chi connectivity index (χ1) is 8.99. The fraction of sp³-hybridized carbons (Fsp3) is 0.0909. The number of halogens is 1. The maximum Gasteiger partial charge on any atom is 0.270 e. The van der Waals surface area contributed by atoms with Crippen molar-refractivity contribution in [3.63, 3.8) is 0 Å². The number of anilines is 1. The van der Waals surface area contributed by atoms with Crippen LogP contribution in [0.5, 0.6) is 0 Å². The molecule has 0 aliphatic rings. The number of hydrogen-bond donors (Lipinski definition) is 1. The van der Waals surface area contributed by atoms with Gasteiger partial charge in [0, 0.05) is 25.2 Å². The number of nitro benzene ring substituents is 1. The van der Waals surface area contributed by atoms with Crippen molar-refractivity contribution in [2.24, 2.45) is 7.05 Å². The van der Waals surface area contributed by atoms with Gasteiger partial charge in [-0.2, -0.15) is 5.10 Å². The second-order valence-corrected chi connectivity index (χ2v) is 3.72. The number of aromatic nitrogens is 2. The van der Waals surface area contributed by atoms with Crippen LogP contribution < -0.4 is 5.32 Å². The van der Waals surface area contributed by atoms with Gasteiger partial charge in [0.15, 0.2) is 0 Å². The van der Waals surface area contributed by atoms with E-state index in [0.29, 0.717) is 5.82 Å². The zero-order valence-corrected chi connectivity index (χ0v) is 9.83. The van der Waals surface area contributed by atoms with Crippen LogP contribution in [0.15, 0.2) is 30.5 Å². The van der Waals surface area contributed by atoms with Gasteiger partial charge in [-0.1, -0.05) is 0 Å². The Hall–Kier alpha value is -2.77. The van der Waals surface area contributed by atoms with Gasteiger partial charge in [0.1, 0.15) is 11.6 Å². The van der Waals surface area contributed by atoms with Gasteiger partial charge in [-0.15, -0.1) is 0 Å². The second-order valence-electron chi connectivity index (χ2n) is 3.72. The van der Waals surface area contributed by atoms with Crippen molar-refractivity contribution in [1.29, 1.82) is 0 Å². The third-order valence-electron chi connectivity index (χ3n) is 2.47. The molecule has 0 aliphatic heterocycles. The number of benzene rings is 1. The normalized spacial score (nSPS) is 10.2. The molecule has 0 atom stereocenters. The molecule has 0 saturated carbocycles. The zero-order chi connectivity index (χ0) is 14.0. The van der Waals surface area contributed by atoms with Crippen LogP contribution in [0.4, 0.5) is 15.9 Å². The van der Waals surface area contributed by atoms with Gasteiger partial charge in [0.2, 0.25) is 0 Å². The topological polar surface area (TPSA) is 90.1 Å². The van der Waals surface area contributed by atoms with Crippen molar-refractivity contribution < 1.29 is 14.1 Å². The summed E-state index contributed by atoms with van der Waals surface area (Å²) in [5.74, 6) is -1.24. The highest BCUT2D eigenvalue weighted by molar-refractivity contribution is 6.04. The van der Waals surface area contributed by atoms with Crippen LogP contribution >= 0.6 is 0 Å². The lowest BCUT2D eigenvalue weighted by molar-refractivity contribution is -0.384. The van der Waals surface area contributed by atoms with Crippen LogP contribution in [0.2, 0.25) is 0 Å². The number of nitrogens with one attached hydrogen (secondary N) is 1. The Kier molecular flexibility index (Phi) is 3.23. The Bertz CT molecular complexity index is 653. The Morgan fingerprint density at radius 2 is 2.21 bits per heavy atom. The number of nitro groups is 1. The van der Waals surface area contributed by atoms with Gasteiger partial charge in [0.05, 0.1) is 16.7 Å². The lowest BCUT2D eigenvalue weighted by Crippen LogP contribution is -2.16. The Balaban J connectivity index is 2.31. The number of hydrogen-bond acceptors (Lipinski definition) is 4. The monoisotopic (exact) mass is 264 g/mol. The van der Waals surface area contributed by atoms with E-state index in [1.807, 2.05) is 0 Å². The lowest BCUT2D eigenvalue weighted by atomic mass is 10.1. The molecule has 0 fully saturated rings. The Morgan fingerprint density at radius 1 is 1.47 bits per heavy atom. The highest BCUT2D eigenvalue weighted by atomic mass is 19.1. The molecule has 1 aromatic carbocycles. The van der Waals surface area contributed by atoms with Gasteiger partial charge < -0.3 is 5.32 Å². The summed E-state index contributed by atoms with van der Waals surface area (Å²) in [4.78, 5) is 21.7. The zero-order valence-electron chi connectivity index (χ0n) is 9.83. The minimum absolute atomic E-state index is 0.350. The van der Waals surface area contributed by atoms with E-state index in [2.05, 4.69) is 10.4 Å². The van der Waals surface area contributed by atoms with Crippen LogP contribution in [0.3, 0.4) is 0 Å². The smallest absolute Gasteiger partial charge is 0.270 e. The standard InChI is InChI=1S/C11H9FN4O3/c1-15-10(4-5-13-15)14-11(17)8-6-7(16(18)19)2-3-9(8)12/h2-6H,1H3,(H,14,17). The van der Waals surface area contributed by atoms with Crippen molar-refractivity contribution >= 4 is 17.4 Å². The molecule has 2 aromatic rings. The molecule has 0 spiro atoms. The van der Waals surface area contributed by atoms with Gasteiger partial charge >= 0.3 is 0 Å². The molecule has 0 saturated heterocycles. The van der Waals surface area contributed by atoms with E-state index in [1.165, 1.54) is 16.9 Å². The molecule has 7 nitrogen and oxygen atoms in total. The van der Waals surface area contributed by atoms with Crippen molar-refractivity contribution in [2.45, 2.75) is 0 Å². The quantitative estimate of drug-likeness (QED) is 0.675. The predicted molar refractivity (Wildman–Crippen MR) is 64.2 cm³/mol. The molecule has 0 unspecified atom stereocenters. The summed E-state index contributed by atoms with van der Waals surface area (Å²) in [6.45, 7) is 0. The van der Waals surface area contributed by atoms with E-state index >= 15 is 0 Å². The molecule has 1 N–H and O–H groups in total. The Morgan fingerprint density at radius 3 is 2.79 bits per heavy atom. The van der Waals surface area contributed by atoms with E-state index in [9.17, 15) is 19.3 Å². The predicted octanol–water partition coefficient (Wildman–Crippen LogP) is 1.72. The summed E-state index contributed by atoms with van der Waals surface area (Å²) in [5.41, 5.74) is -0.744. The third-order valence-corrected chi connectivity index (χ3v) is 2.47. The average molecular weight is 264 g/mol. The summed E-state index contributed by atoms with van der Waals surface area (Å²) < 4.78 is 14.9. The highest BCUT2D eigenvalue weighted by Crippen LogP contribution is 2.18. The number of carbonyl (C=O) groups excluding carboxylic acids is 1. The van der Waals surface area contributed by atoms with Crippen LogP contribution in [0, 0.1) is 15.9 Å². The van der Waals surface area contributed by atoms with Crippen molar-refractivity contribution in [3.8, 4) is 0 Å². The van der Waals surface area contributed by atoms with Gasteiger partial charge in [-0.3, -0.25) is 19.6 Å². The number of rotatable bonds is 3. The maximum atomic E-state index is 13.5. The number of carbonyl (C=O) groups is 1. The van der Waals surface area contributed by atoms with Crippen LogP contribution in [-0.2, 0) is 7.05 Å². The summed E-state index contributed by atoms with van der Waals surface area (Å²) in [5, 5.41) is 16.8. The van der Waals surface area contributed by atoms with Gasteiger partial charge in [0.25, 0.3) is 11.6 Å². The number of amides is 1. The van der Waals surface area contributed by atoms with Gasteiger partial charge in [-0.05, 0) is 6.07 Å². The molecule has 1 amide bonds. The largest absolute Gasteiger partial charge is 0.307 e. The molecule has 98 valence electrons. The minimum Gasteiger partial charge on any atom is -0.307 e. The summed E-state index contributed by atoms with van der Waals surface area (Å²) in [6, 6.07) is 4.29. The molecule has 19 heavy (non-hydrogen) atoms. The van der Waals surface area contributed by atoms with E-state index < -0.39 is 22.2 Å². The molecule has 2 rings (SSSR count). The van der Waals surface area contributed by atoms with Crippen LogP contribution in [0.1, 0.15) is 10.4 Å². The van der Waals surface area contributed by atoms with Crippen molar-refractivity contribution in [1.82, 2.24) is 9.78 Å². The molecule has 8 heteroatoms. The van der Waals surface area contributed by atoms with E-state index in [4.69, 9.17) is 0 Å². The number of aryl methyl sites for hydroxylation is 1. The van der Waals surface area contributed by atoms with Crippen molar-refractivity contribution in [3.05, 3.63) is 52.0 Å². The fourth-order valence-electron chi connectivity index (χ4n) is 1.48. The first kappa shape index (κ1) is 12.7. The number of non-ortho nitro benzene ring substituents is 1. The molecule has 0 bridgehead atoms. The van der Waals surface area contributed by atoms with E-state index in [1.54, 1.807) is 7.05 Å². The molecular formula is C11H9FN4O3. The number of nitrogens with zero attached hydrogens (tertiary/aromatic N) is 3. The molecular weight excluding hydrogens is 255 g/mol. The maximum absolute atomic E-state index is 13.5. The van der Waals surface area contributed by atoms with Crippen LogP contribution in [0.25, 0.3) is 0 Å². The third kappa shape index (κ3) is 2.57. The minimum atomic E-state index is -0.828. The summed E-state index contributed by atoms with van der Waals surface area (Å²) in [6.07, 6.45) is 1.46. The van der Waals surface area contributed by atoms with Crippen LogP contribution in [-0.4, -0.2) is 20.6 Å². The second kappa shape index (κ2) is 4.84. The van der Waals surface area contributed by atoms with Crippen molar-refractivity contribution in [2.75, 3.05) is 5.32 Å². The molecule has 0 radical (unpaired) electrons. The van der Waals surface area contributed by atoms with Gasteiger partial charge in [-0.25, -0.2) is 4.39 Å². The summed E-state index contributed by atoms with van der Waals surface area (Å²) >= 11 is 0. The first-order valence-electron chi connectivity index (χ1n) is 5.22. The molecule has 0 aliphatic carbocycles. The lowest BCUT2D eigenvalue weighted by Gasteiger charge is -2.06. The van der Waals surface area contributed by atoms with E-state index in [-0.39, 0.29) is 5.69 Å². The summed E-state index contributed by atoms with van der Waals surface area (Å²) in [7, 11) is 1.60. The molecule has 1 aromatic heterocycles.